The van der Waals surface area contributed by atoms with Crippen molar-refractivity contribution in [2.24, 2.45) is 7.05 Å². The number of hydrogen-bond donors (Lipinski definition) is 1. The fraction of sp³-hybridized carbons (Fsp3) is 0.389. The molecule has 0 spiro atoms. The summed E-state index contributed by atoms with van der Waals surface area (Å²) in [6.07, 6.45) is 1.80. The SMILES string of the molecule is C=C(C)COc1cccc(CNC(COC)c2ccnn2C)c1. The van der Waals surface area contributed by atoms with E-state index >= 15 is 0 Å². The van der Waals surface area contributed by atoms with Crippen LogP contribution >= 0.6 is 0 Å². The number of nitrogens with one attached hydrogen (secondary N) is 1. The van der Waals surface area contributed by atoms with Gasteiger partial charge >= 0.3 is 0 Å². The fourth-order valence-electron chi connectivity index (χ4n) is 2.33. The van der Waals surface area contributed by atoms with Crippen LogP contribution in [0.1, 0.15) is 24.2 Å². The molecule has 1 aromatic carbocycles. The maximum Gasteiger partial charge on any atom is 0.120 e. The van der Waals surface area contributed by atoms with Gasteiger partial charge in [-0.1, -0.05) is 18.7 Å². The number of aromatic nitrogens is 2. The molecule has 23 heavy (non-hydrogen) atoms. The summed E-state index contributed by atoms with van der Waals surface area (Å²) in [7, 11) is 3.64. The molecule has 0 fully saturated rings. The zero-order chi connectivity index (χ0) is 16.7. The first kappa shape index (κ1) is 17.2. The van der Waals surface area contributed by atoms with Crippen LogP contribution in [0.15, 0.2) is 48.7 Å². The molecule has 5 nitrogen and oxygen atoms in total. The topological polar surface area (TPSA) is 48.3 Å². The van der Waals surface area contributed by atoms with E-state index in [1.54, 1.807) is 13.3 Å². The maximum absolute atomic E-state index is 5.69. The minimum Gasteiger partial charge on any atom is -0.489 e. The summed E-state index contributed by atoms with van der Waals surface area (Å²) < 4.78 is 12.9. The van der Waals surface area contributed by atoms with Gasteiger partial charge in [0.2, 0.25) is 0 Å². The molecule has 1 unspecified atom stereocenters. The Balaban J connectivity index is 1.99. The standard InChI is InChI=1S/C18H25N3O2/c1-14(2)12-23-16-7-5-6-15(10-16)11-19-17(13-22-4)18-8-9-20-21(18)3/h5-10,17,19H,1,11-13H2,2-4H3. The van der Waals surface area contributed by atoms with Crippen LogP contribution in [-0.2, 0) is 18.3 Å². The Hall–Kier alpha value is -2.11. The molecule has 1 aromatic heterocycles. The van der Waals surface area contributed by atoms with Crippen molar-refractivity contribution in [2.75, 3.05) is 20.3 Å². The highest BCUT2D eigenvalue weighted by Crippen LogP contribution is 2.16. The van der Waals surface area contributed by atoms with Gasteiger partial charge in [-0.3, -0.25) is 4.68 Å². The molecular weight excluding hydrogens is 290 g/mol. The van der Waals surface area contributed by atoms with Crippen LogP contribution in [0.5, 0.6) is 5.75 Å². The van der Waals surface area contributed by atoms with Gasteiger partial charge in [0.15, 0.2) is 0 Å². The van der Waals surface area contributed by atoms with Crippen molar-refractivity contribution in [3.63, 3.8) is 0 Å². The van der Waals surface area contributed by atoms with E-state index in [1.807, 2.05) is 42.9 Å². The molecule has 0 radical (unpaired) electrons. The summed E-state index contributed by atoms with van der Waals surface area (Å²) in [6.45, 7) is 7.66. The van der Waals surface area contributed by atoms with Gasteiger partial charge in [0, 0.05) is 26.9 Å². The zero-order valence-corrected chi connectivity index (χ0v) is 14.1. The van der Waals surface area contributed by atoms with Crippen LogP contribution in [0.3, 0.4) is 0 Å². The molecule has 0 saturated heterocycles. The summed E-state index contributed by atoms with van der Waals surface area (Å²) in [5.74, 6) is 0.858. The molecule has 2 aromatic rings. The van der Waals surface area contributed by atoms with E-state index in [1.165, 1.54) is 0 Å². The third-order valence-corrected chi connectivity index (χ3v) is 3.49. The monoisotopic (exact) mass is 315 g/mol. The van der Waals surface area contributed by atoms with E-state index in [0.717, 1.165) is 29.1 Å². The van der Waals surface area contributed by atoms with Gasteiger partial charge in [-0.05, 0) is 36.3 Å². The third kappa shape index (κ3) is 5.23. The lowest BCUT2D eigenvalue weighted by molar-refractivity contribution is 0.163. The number of benzene rings is 1. The average Bonchev–Trinajstić information content (AvgIpc) is 2.96. The number of hydrogen-bond acceptors (Lipinski definition) is 4. The molecule has 1 atom stereocenters. The molecule has 0 amide bonds. The molecule has 0 aliphatic carbocycles. The Morgan fingerprint density at radius 2 is 2.22 bits per heavy atom. The largest absolute Gasteiger partial charge is 0.489 e. The first-order valence-electron chi connectivity index (χ1n) is 7.66. The summed E-state index contributed by atoms with van der Waals surface area (Å²) in [4.78, 5) is 0. The quantitative estimate of drug-likeness (QED) is 0.723. The van der Waals surface area contributed by atoms with Gasteiger partial charge in [-0.2, -0.15) is 5.10 Å². The summed E-state index contributed by atoms with van der Waals surface area (Å²) in [5.41, 5.74) is 3.26. The molecule has 1 N–H and O–H groups in total. The van der Waals surface area contributed by atoms with Crippen LogP contribution in [0.2, 0.25) is 0 Å². The van der Waals surface area contributed by atoms with Gasteiger partial charge in [0.05, 0.1) is 18.3 Å². The van der Waals surface area contributed by atoms with E-state index in [9.17, 15) is 0 Å². The fourth-order valence-corrected chi connectivity index (χ4v) is 2.33. The Labute approximate surface area is 137 Å². The average molecular weight is 315 g/mol. The first-order valence-corrected chi connectivity index (χ1v) is 7.66. The van der Waals surface area contributed by atoms with Gasteiger partial charge in [0.1, 0.15) is 12.4 Å². The van der Waals surface area contributed by atoms with Gasteiger partial charge in [0.25, 0.3) is 0 Å². The van der Waals surface area contributed by atoms with Crippen LogP contribution in [0, 0.1) is 0 Å². The summed E-state index contributed by atoms with van der Waals surface area (Å²) in [5, 5.41) is 7.74. The van der Waals surface area contributed by atoms with E-state index < -0.39 is 0 Å². The van der Waals surface area contributed by atoms with Crippen molar-refractivity contribution in [1.82, 2.24) is 15.1 Å². The molecule has 0 aliphatic heterocycles. The number of aryl methyl sites for hydroxylation is 1. The summed E-state index contributed by atoms with van der Waals surface area (Å²) in [6, 6.07) is 10.2. The second-order valence-electron chi connectivity index (χ2n) is 5.66. The lowest BCUT2D eigenvalue weighted by Crippen LogP contribution is -2.26. The highest BCUT2D eigenvalue weighted by Gasteiger charge is 2.14. The highest BCUT2D eigenvalue weighted by molar-refractivity contribution is 5.29. The Kier molecular flexibility index (Phi) is 6.38. The van der Waals surface area contributed by atoms with Gasteiger partial charge in [-0.15, -0.1) is 0 Å². The molecule has 124 valence electrons. The van der Waals surface area contributed by atoms with Crippen molar-refractivity contribution >= 4 is 0 Å². The van der Waals surface area contributed by atoms with Crippen LogP contribution in [0.4, 0.5) is 0 Å². The molecule has 0 saturated carbocycles. The van der Waals surface area contributed by atoms with E-state index in [0.29, 0.717) is 13.2 Å². The maximum atomic E-state index is 5.69. The predicted molar refractivity (Wildman–Crippen MR) is 91.4 cm³/mol. The first-order chi connectivity index (χ1) is 11.1. The lowest BCUT2D eigenvalue weighted by atomic mass is 10.1. The van der Waals surface area contributed by atoms with Crippen LogP contribution < -0.4 is 10.1 Å². The highest BCUT2D eigenvalue weighted by atomic mass is 16.5. The Bertz CT molecular complexity index is 637. The smallest absolute Gasteiger partial charge is 0.120 e. The molecule has 1 heterocycles. The predicted octanol–water partition coefficient (Wildman–Crippen LogP) is 2.85. The van der Waals surface area contributed by atoms with E-state index in [4.69, 9.17) is 9.47 Å². The number of rotatable bonds is 9. The Morgan fingerprint density at radius 3 is 2.87 bits per heavy atom. The van der Waals surface area contributed by atoms with E-state index in [-0.39, 0.29) is 6.04 Å². The molecule has 0 bridgehead atoms. The molecular formula is C18H25N3O2. The minimum atomic E-state index is 0.0903. The zero-order valence-electron chi connectivity index (χ0n) is 14.1. The van der Waals surface area contributed by atoms with Crippen molar-refractivity contribution < 1.29 is 9.47 Å². The van der Waals surface area contributed by atoms with Crippen LogP contribution in [0.25, 0.3) is 0 Å². The minimum absolute atomic E-state index is 0.0903. The summed E-state index contributed by atoms with van der Waals surface area (Å²) >= 11 is 0. The third-order valence-electron chi connectivity index (χ3n) is 3.49. The van der Waals surface area contributed by atoms with Crippen LogP contribution in [-0.4, -0.2) is 30.1 Å². The Morgan fingerprint density at radius 1 is 1.39 bits per heavy atom. The molecule has 5 heteroatoms. The van der Waals surface area contributed by atoms with Crippen molar-refractivity contribution in [2.45, 2.75) is 19.5 Å². The normalized spacial score (nSPS) is 12.1. The lowest BCUT2D eigenvalue weighted by Gasteiger charge is -2.18. The number of nitrogens with zero attached hydrogens (tertiary/aromatic N) is 2. The van der Waals surface area contributed by atoms with Crippen molar-refractivity contribution in [3.8, 4) is 5.75 Å². The molecule has 2 rings (SSSR count). The van der Waals surface area contributed by atoms with E-state index in [2.05, 4.69) is 23.1 Å². The molecule has 0 aliphatic rings. The number of methoxy groups -OCH3 is 1. The second kappa shape index (κ2) is 8.50. The van der Waals surface area contributed by atoms with Crippen molar-refractivity contribution in [1.29, 1.82) is 0 Å². The second-order valence-corrected chi connectivity index (χ2v) is 5.66. The van der Waals surface area contributed by atoms with Crippen molar-refractivity contribution in [3.05, 3.63) is 59.9 Å². The van der Waals surface area contributed by atoms with Gasteiger partial charge in [-0.25, -0.2) is 0 Å². The van der Waals surface area contributed by atoms with Gasteiger partial charge < -0.3 is 14.8 Å². The number of ether oxygens (including phenoxy) is 2.